The van der Waals surface area contributed by atoms with E-state index in [1.54, 1.807) is 23.1 Å². The molecule has 0 aliphatic heterocycles. The number of aryl methyl sites for hydroxylation is 1. The van der Waals surface area contributed by atoms with E-state index in [9.17, 15) is 9.59 Å². The van der Waals surface area contributed by atoms with Crippen molar-refractivity contribution in [3.05, 3.63) is 69.2 Å². The van der Waals surface area contributed by atoms with Gasteiger partial charge in [0, 0.05) is 18.0 Å². The summed E-state index contributed by atoms with van der Waals surface area (Å²) in [4.78, 5) is 34.1. The van der Waals surface area contributed by atoms with E-state index in [1.807, 2.05) is 38.1 Å². The van der Waals surface area contributed by atoms with Gasteiger partial charge in [-0.2, -0.15) is 0 Å². The molecule has 7 heteroatoms. The van der Waals surface area contributed by atoms with Crippen molar-refractivity contribution >= 4 is 28.4 Å². The first-order valence-electron chi connectivity index (χ1n) is 10.1. The van der Waals surface area contributed by atoms with Crippen molar-refractivity contribution in [1.82, 2.24) is 14.9 Å². The normalized spacial score (nSPS) is 10.9. The Hall–Kier alpha value is -2.86. The van der Waals surface area contributed by atoms with Gasteiger partial charge in [-0.25, -0.2) is 4.98 Å². The van der Waals surface area contributed by atoms with Crippen LogP contribution in [0.25, 0.3) is 10.9 Å². The molecule has 0 aliphatic rings. The molecular weight excluding hydrogens is 402 g/mol. The van der Waals surface area contributed by atoms with Crippen molar-refractivity contribution in [2.75, 3.05) is 13.2 Å². The molecule has 2 aromatic carbocycles. The van der Waals surface area contributed by atoms with Gasteiger partial charge in [-0.1, -0.05) is 30.7 Å². The maximum Gasteiger partial charge on any atom is 0.258 e. The summed E-state index contributed by atoms with van der Waals surface area (Å²) in [7, 11) is 0. The minimum Gasteiger partial charge on any atom is -0.494 e. The van der Waals surface area contributed by atoms with Gasteiger partial charge in [0.1, 0.15) is 11.6 Å². The second-order valence-electron chi connectivity index (χ2n) is 7.26. The Morgan fingerprint density at radius 2 is 2.07 bits per heavy atom. The fourth-order valence-corrected chi connectivity index (χ4v) is 3.42. The fraction of sp³-hybridized carbons (Fsp3) is 0.348. The molecule has 1 N–H and O–H groups in total. The van der Waals surface area contributed by atoms with Crippen LogP contribution in [0, 0.1) is 6.92 Å². The van der Waals surface area contributed by atoms with Crippen LogP contribution in [0.4, 0.5) is 0 Å². The monoisotopic (exact) mass is 427 g/mol. The zero-order valence-electron chi connectivity index (χ0n) is 17.3. The molecule has 0 atom stereocenters. The lowest BCUT2D eigenvalue weighted by Gasteiger charge is -2.22. The standard InChI is InChI=1S/C23H26ClN3O3/c1-3-11-27(22(28)8-5-12-30-18-7-4-6-16(2)13-18)15-21-25-20-14-17(24)9-10-19(20)23(29)26-21/h4,6-7,9-10,13-14H,3,5,8,11-12,15H2,1-2H3,(H,25,26,29). The maximum atomic E-state index is 12.7. The summed E-state index contributed by atoms with van der Waals surface area (Å²) >= 11 is 6.02. The molecular formula is C23H26ClN3O3. The number of carbonyl (C=O) groups is 1. The van der Waals surface area contributed by atoms with Crippen molar-refractivity contribution in [3.8, 4) is 5.75 Å². The Morgan fingerprint density at radius 3 is 2.83 bits per heavy atom. The van der Waals surface area contributed by atoms with Crippen LogP contribution in [0.2, 0.25) is 5.02 Å². The van der Waals surface area contributed by atoms with Gasteiger partial charge in [0.2, 0.25) is 5.91 Å². The van der Waals surface area contributed by atoms with Crippen LogP contribution in [0.3, 0.4) is 0 Å². The van der Waals surface area contributed by atoms with E-state index in [2.05, 4.69) is 9.97 Å². The number of H-pyrrole nitrogens is 1. The first-order valence-corrected chi connectivity index (χ1v) is 10.5. The molecule has 3 rings (SSSR count). The van der Waals surface area contributed by atoms with Gasteiger partial charge in [0.25, 0.3) is 5.56 Å². The smallest absolute Gasteiger partial charge is 0.258 e. The quantitative estimate of drug-likeness (QED) is 0.511. The zero-order valence-corrected chi connectivity index (χ0v) is 18.0. The minimum atomic E-state index is -0.234. The predicted molar refractivity (Wildman–Crippen MR) is 119 cm³/mol. The zero-order chi connectivity index (χ0) is 21.5. The van der Waals surface area contributed by atoms with Gasteiger partial charge in [-0.05, 0) is 55.7 Å². The lowest BCUT2D eigenvalue weighted by Crippen LogP contribution is -2.32. The maximum absolute atomic E-state index is 12.7. The minimum absolute atomic E-state index is 0.0125. The molecule has 0 unspecified atom stereocenters. The molecule has 0 spiro atoms. The van der Waals surface area contributed by atoms with E-state index in [0.717, 1.165) is 17.7 Å². The number of benzene rings is 2. The third-order valence-electron chi connectivity index (χ3n) is 4.70. The molecule has 3 aromatic rings. The van der Waals surface area contributed by atoms with Crippen LogP contribution >= 0.6 is 11.6 Å². The summed E-state index contributed by atoms with van der Waals surface area (Å²) in [5.41, 5.74) is 1.43. The summed E-state index contributed by atoms with van der Waals surface area (Å²) < 4.78 is 5.73. The van der Waals surface area contributed by atoms with Crippen molar-refractivity contribution in [1.29, 1.82) is 0 Å². The number of nitrogens with zero attached hydrogens (tertiary/aromatic N) is 2. The first-order chi connectivity index (χ1) is 14.5. The lowest BCUT2D eigenvalue weighted by atomic mass is 10.2. The number of halogens is 1. The van der Waals surface area contributed by atoms with Crippen LogP contribution in [-0.4, -0.2) is 33.9 Å². The fourth-order valence-electron chi connectivity index (χ4n) is 3.26. The second kappa shape index (κ2) is 10.3. The van der Waals surface area contributed by atoms with Gasteiger partial charge < -0.3 is 14.6 Å². The number of amides is 1. The average molecular weight is 428 g/mol. The third kappa shape index (κ3) is 5.83. The van der Waals surface area contributed by atoms with Crippen molar-refractivity contribution in [2.45, 2.75) is 39.7 Å². The number of aromatic amines is 1. The highest BCUT2D eigenvalue weighted by atomic mass is 35.5. The molecule has 0 bridgehead atoms. The Balaban J connectivity index is 1.61. The van der Waals surface area contributed by atoms with Gasteiger partial charge in [0.15, 0.2) is 0 Å². The topological polar surface area (TPSA) is 75.3 Å². The molecule has 1 aromatic heterocycles. The van der Waals surface area contributed by atoms with Crippen LogP contribution in [0.15, 0.2) is 47.3 Å². The number of aromatic nitrogens is 2. The van der Waals surface area contributed by atoms with E-state index in [0.29, 0.717) is 47.7 Å². The number of carbonyl (C=O) groups excluding carboxylic acids is 1. The number of hydrogen-bond donors (Lipinski definition) is 1. The molecule has 1 amide bonds. The molecule has 0 aliphatic carbocycles. The average Bonchev–Trinajstić information content (AvgIpc) is 2.70. The van der Waals surface area contributed by atoms with Crippen LogP contribution in [0.5, 0.6) is 5.75 Å². The molecule has 6 nitrogen and oxygen atoms in total. The Bertz CT molecular complexity index is 1080. The summed E-state index contributed by atoms with van der Waals surface area (Å²) in [5.74, 6) is 1.27. The van der Waals surface area contributed by atoms with Gasteiger partial charge in [0.05, 0.1) is 24.1 Å². The highest BCUT2D eigenvalue weighted by Crippen LogP contribution is 2.16. The molecule has 0 radical (unpaired) electrons. The third-order valence-corrected chi connectivity index (χ3v) is 4.93. The van der Waals surface area contributed by atoms with Gasteiger partial charge in [-0.3, -0.25) is 9.59 Å². The lowest BCUT2D eigenvalue weighted by molar-refractivity contribution is -0.132. The molecule has 158 valence electrons. The van der Waals surface area contributed by atoms with E-state index in [-0.39, 0.29) is 18.0 Å². The van der Waals surface area contributed by atoms with E-state index >= 15 is 0 Å². The Labute approximate surface area is 180 Å². The largest absolute Gasteiger partial charge is 0.494 e. The molecule has 1 heterocycles. The number of ether oxygens (including phenoxy) is 1. The first kappa shape index (κ1) is 21.8. The van der Waals surface area contributed by atoms with Gasteiger partial charge >= 0.3 is 0 Å². The number of hydrogen-bond acceptors (Lipinski definition) is 4. The van der Waals surface area contributed by atoms with Crippen LogP contribution in [-0.2, 0) is 11.3 Å². The Kier molecular flexibility index (Phi) is 7.46. The summed E-state index contributed by atoms with van der Waals surface area (Å²) in [6.07, 6.45) is 1.80. The Morgan fingerprint density at radius 1 is 1.23 bits per heavy atom. The highest BCUT2D eigenvalue weighted by Gasteiger charge is 2.15. The van der Waals surface area contributed by atoms with E-state index in [1.165, 1.54) is 0 Å². The molecule has 0 saturated heterocycles. The SMILES string of the molecule is CCCN(Cc1nc2cc(Cl)ccc2c(=O)[nH]1)C(=O)CCCOc1cccc(C)c1. The number of rotatable bonds is 9. The molecule has 0 fully saturated rings. The summed E-state index contributed by atoms with van der Waals surface area (Å²) in [6, 6.07) is 12.8. The number of nitrogens with one attached hydrogen (secondary N) is 1. The van der Waals surface area contributed by atoms with Crippen molar-refractivity contribution in [3.63, 3.8) is 0 Å². The van der Waals surface area contributed by atoms with Crippen LogP contribution < -0.4 is 10.3 Å². The molecule has 30 heavy (non-hydrogen) atoms. The number of fused-ring (bicyclic) bond motifs is 1. The van der Waals surface area contributed by atoms with Crippen molar-refractivity contribution in [2.24, 2.45) is 0 Å². The summed E-state index contributed by atoms with van der Waals surface area (Å²) in [5, 5.41) is 0.992. The highest BCUT2D eigenvalue weighted by molar-refractivity contribution is 6.31. The van der Waals surface area contributed by atoms with E-state index in [4.69, 9.17) is 16.3 Å². The second-order valence-corrected chi connectivity index (χ2v) is 7.69. The summed E-state index contributed by atoms with van der Waals surface area (Å²) in [6.45, 7) is 5.34. The molecule has 0 saturated carbocycles. The van der Waals surface area contributed by atoms with Crippen LogP contribution in [0.1, 0.15) is 37.6 Å². The van der Waals surface area contributed by atoms with Crippen molar-refractivity contribution < 1.29 is 9.53 Å². The van der Waals surface area contributed by atoms with E-state index < -0.39 is 0 Å². The van der Waals surface area contributed by atoms with Gasteiger partial charge in [-0.15, -0.1) is 0 Å². The predicted octanol–water partition coefficient (Wildman–Crippen LogP) is 4.48.